The summed E-state index contributed by atoms with van der Waals surface area (Å²) in [6.07, 6.45) is 0.685. The van der Waals surface area contributed by atoms with Gasteiger partial charge in [0.1, 0.15) is 11.6 Å². The van der Waals surface area contributed by atoms with Gasteiger partial charge in [-0.25, -0.2) is 4.39 Å². The molecule has 4 heteroatoms. The number of rotatable bonds is 5. The summed E-state index contributed by atoms with van der Waals surface area (Å²) in [6.45, 7) is 0.0231. The highest BCUT2D eigenvalue weighted by Crippen LogP contribution is 2.28. The maximum atomic E-state index is 12.9. The first-order valence-electron chi connectivity index (χ1n) is 6.32. The minimum atomic E-state index is -0.266. The van der Waals surface area contributed by atoms with Crippen LogP contribution in [0.3, 0.4) is 0 Å². The summed E-state index contributed by atoms with van der Waals surface area (Å²) in [5.74, 6) is 0.463. The first kappa shape index (κ1) is 15.0. The third kappa shape index (κ3) is 3.58. The Hall–Kier alpha value is -1.39. The molecule has 0 amide bonds. The standard InChI is InChI=1S/C16H16BrFO2/c1-20-16-7-2-11(9-15(16)17)8-13(10-19)12-3-5-14(18)6-4-12/h2-7,9,13,19H,8,10H2,1H3. The highest BCUT2D eigenvalue weighted by atomic mass is 79.9. The molecule has 0 heterocycles. The molecule has 0 radical (unpaired) electrons. The Morgan fingerprint density at radius 1 is 1.20 bits per heavy atom. The molecule has 0 aromatic heterocycles. The van der Waals surface area contributed by atoms with Gasteiger partial charge >= 0.3 is 0 Å². The summed E-state index contributed by atoms with van der Waals surface area (Å²) in [5, 5.41) is 9.55. The van der Waals surface area contributed by atoms with Crippen molar-refractivity contribution in [3.8, 4) is 5.75 Å². The summed E-state index contributed by atoms with van der Waals surface area (Å²) in [5.41, 5.74) is 2.02. The lowest BCUT2D eigenvalue weighted by Crippen LogP contribution is -2.08. The second-order valence-electron chi connectivity index (χ2n) is 4.60. The Labute approximate surface area is 126 Å². The molecule has 2 aromatic carbocycles. The van der Waals surface area contributed by atoms with Crippen LogP contribution in [-0.4, -0.2) is 18.8 Å². The molecule has 20 heavy (non-hydrogen) atoms. The average Bonchev–Trinajstić information content (AvgIpc) is 2.46. The van der Waals surface area contributed by atoms with E-state index in [2.05, 4.69) is 15.9 Å². The monoisotopic (exact) mass is 338 g/mol. The summed E-state index contributed by atoms with van der Waals surface area (Å²) >= 11 is 3.45. The van der Waals surface area contributed by atoms with E-state index in [1.165, 1.54) is 12.1 Å². The fraction of sp³-hybridized carbons (Fsp3) is 0.250. The zero-order chi connectivity index (χ0) is 14.5. The summed E-state index contributed by atoms with van der Waals surface area (Å²) in [4.78, 5) is 0. The van der Waals surface area contributed by atoms with Crippen LogP contribution in [0, 0.1) is 5.82 Å². The quantitative estimate of drug-likeness (QED) is 0.895. The molecule has 106 valence electrons. The molecule has 0 aliphatic rings. The van der Waals surface area contributed by atoms with Crippen LogP contribution in [0.25, 0.3) is 0 Å². The minimum Gasteiger partial charge on any atom is -0.496 e. The van der Waals surface area contributed by atoms with Crippen molar-refractivity contribution in [2.24, 2.45) is 0 Å². The lowest BCUT2D eigenvalue weighted by Gasteiger charge is -2.15. The number of benzene rings is 2. The Kier molecular flexibility index (Phi) is 5.15. The number of halogens is 2. The smallest absolute Gasteiger partial charge is 0.133 e. The third-order valence-electron chi connectivity index (χ3n) is 3.26. The fourth-order valence-corrected chi connectivity index (χ4v) is 2.73. The number of ether oxygens (including phenoxy) is 1. The lowest BCUT2D eigenvalue weighted by atomic mass is 9.93. The van der Waals surface area contributed by atoms with Crippen molar-refractivity contribution in [3.05, 3.63) is 63.9 Å². The number of aliphatic hydroxyl groups excluding tert-OH is 1. The van der Waals surface area contributed by atoms with Gasteiger partial charge in [-0.1, -0.05) is 18.2 Å². The van der Waals surface area contributed by atoms with Gasteiger partial charge in [-0.05, 0) is 57.7 Å². The Balaban J connectivity index is 2.17. The van der Waals surface area contributed by atoms with E-state index in [1.54, 1.807) is 19.2 Å². The molecule has 0 saturated carbocycles. The maximum absolute atomic E-state index is 12.9. The van der Waals surface area contributed by atoms with Gasteiger partial charge in [0, 0.05) is 5.92 Å². The van der Waals surface area contributed by atoms with Gasteiger partial charge in [0.2, 0.25) is 0 Å². The van der Waals surface area contributed by atoms with Crippen LogP contribution in [0.2, 0.25) is 0 Å². The molecule has 1 N–H and O–H groups in total. The van der Waals surface area contributed by atoms with E-state index in [4.69, 9.17) is 4.74 Å². The first-order chi connectivity index (χ1) is 9.63. The van der Waals surface area contributed by atoms with E-state index in [0.29, 0.717) is 6.42 Å². The highest BCUT2D eigenvalue weighted by molar-refractivity contribution is 9.10. The molecular weight excluding hydrogens is 323 g/mol. The summed E-state index contributed by atoms with van der Waals surface area (Å²) in [6, 6.07) is 12.1. The molecular formula is C16H16BrFO2. The number of hydrogen-bond donors (Lipinski definition) is 1. The molecule has 0 fully saturated rings. The molecule has 0 spiro atoms. The second kappa shape index (κ2) is 6.86. The Morgan fingerprint density at radius 2 is 1.90 bits per heavy atom. The zero-order valence-corrected chi connectivity index (χ0v) is 12.7. The Morgan fingerprint density at radius 3 is 2.45 bits per heavy atom. The molecule has 0 aliphatic carbocycles. The van der Waals surface area contributed by atoms with Gasteiger partial charge in [-0.3, -0.25) is 0 Å². The van der Waals surface area contributed by atoms with Gasteiger partial charge in [-0.2, -0.15) is 0 Å². The number of hydrogen-bond acceptors (Lipinski definition) is 2. The van der Waals surface area contributed by atoms with Crippen molar-refractivity contribution >= 4 is 15.9 Å². The van der Waals surface area contributed by atoms with Crippen molar-refractivity contribution in [2.75, 3.05) is 13.7 Å². The maximum Gasteiger partial charge on any atom is 0.133 e. The highest BCUT2D eigenvalue weighted by Gasteiger charge is 2.12. The molecule has 2 aromatic rings. The van der Waals surface area contributed by atoms with Crippen molar-refractivity contribution in [1.82, 2.24) is 0 Å². The van der Waals surface area contributed by atoms with E-state index in [-0.39, 0.29) is 18.3 Å². The molecule has 0 aliphatic heterocycles. The largest absolute Gasteiger partial charge is 0.496 e. The van der Waals surface area contributed by atoms with E-state index in [1.807, 2.05) is 18.2 Å². The molecule has 2 rings (SSSR count). The van der Waals surface area contributed by atoms with Crippen molar-refractivity contribution in [1.29, 1.82) is 0 Å². The van der Waals surface area contributed by atoms with Gasteiger partial charge in [0.05, 0.1) is 18.2 Å². The van der Waals surface area contributed by atoms with E-state index >= 15 is 0 Å². The van der Waals surface area contributed by atoms with Gasteiger partial charge in [0.25, 0.3) is 0 Å². The van der Waals surface area contributed by atoms with E-state index in [9.17, 15) is 9.50 Å². The number of methoxy groups -OCH3 is 1. The van der Waals surface area contributed by atoms with Gasteiger partial charge in [0.15, 0.2) is 0 Å². The summed E-state index contributed by atoms with van der Waals surface area (Å²) in [7, 11) is 1.62. The normalized spacial score (nSPS) is 12.2. The van der Waals surface area contributed by atoms with Crippen LogP contribution in [0.15, 0.2) is 46.9 Å². The molecule has 0 saturated heterocycles. The predicted molar refractivity (Wildman–Crippen MR) is 80.6 cm³/mol. The average molecular weight is 339 g/mol. The Bertz CT molecular complexity index is 569. The van der Waals surface area contributed by atoms with Crippen molar-refractivity contribution in [2.45, 2.75) is 12.3 Å². The first-order valence-corrected chi connectivity index (χ1v) is 7.12. The van der Waals surface area contributed by atoms with Gasteiger partial charge < -0.3 is 9.84 Å². The molecule has 2 nitrogen and oxygen atoms in total. The lowest BCUT2D eigenvalue weighted by molar-refractivity contribution is 0.264. The van der Waals surface area contributed by atoms with Crippen LogP contribution < -0.4 is 4.74 Å². The van der Waals surface area contributed by atoms with Crippen LogP contribution in [0.4, 0.5) is 4.39 Å². The van der Waals surface area contributed by atoms with Gasteiger partial charge in [-0.15, -0.1) is 0 Å². The van der Waals surface area contributed by atoms with Crippen LogP contribution in [0.5, 0.6) is 5.75 Å². The van der Waals surface area contributed by atoms with Crippen molar-refractivity contribution in [3.63, 3.8) is 0 Å². The SMILES string of the molecule is COc1ccc(CC(CO)c2ccc(F)cc2)cc1Br. The molecule has 1 unspecified atom stereocenters. The second-order valence-corrected chi connectivity index (χ2v) is 5.46. The van der Waals surface area contributed by atoms with Crippen LogP contribution >= 0.6 is 15.9 Å². The zero-order valence-electron chi connectivity index (χ0n) is 11.1. The minimum absolute atomic E-state index is 0.0231. The molecule has 1 atom stereocenters. The van der Waals surface area contributed by atoms with Crippen LogP contribution in [-0.2, 0) is 6.42 Å². The summed E-state index contributed by atoms with van der Waals surface area (Å²) < 4.78 is 19.0. The van der Waals surface area contributed by atoms with E-state index in [0.717, 1.165) is 21.3 Å². The van der Waals surface area contributed by atoms with E-state index < -0.39 is 0 Å². The predicted octanol–water partition coefficient (Wildman–Crippen LogP) is 3.92. The number of aliphatic hydroxyl groups is 1. The molecule has 0 bridgehead atoms. The fourth-order valence-electron chi connectivity index (χ4n) is 2.14. The third-order valence-corrected chi connectivity index (χ3v) is 3.88. The van der Waals surface area contributed by atoms with Crippen LogP contribution in [0.1, 0.15) is 17.0 Å². The topological polar surface area (TPSA) is 29.5 Å². The van der Waals surface area contributed by atoms with Crippen molar-refractivity contribution < 1.29 is 14.2 Å².